The molecule has 0 bridgehead atoms. The summed E-state index contributed by atoms with van der Waals surface area (Å²) in [4.78, 5) is 34.0. The summed E-state index contributed by atoms with van der Waals surface area (Å²) < 4.78 is 4.80. The van der Waals surface area contributed by atoms with Crippen molar-refractivity contribution in [3.63, 3.8) is 0 Å². The van der Waals surface area contributed by atoms with Crippen molar-refractivity contribution in [2.24, 2.45) is 5.92 Å². The molecule has 5 nitrogen and oxygen atoms in total. The zero-order valence-electron chi connectivity index (χ0n) is 7.43. The first-order valence-corrected chi connectivity index (χ1v) is 4.38. The largest absolute Gasteiger partial charge is 0.443 e. The topological polar surface area (TPSA) is 63.7 Å². The smallest absolute Gasteiger partial charge is 0.310 e. The van der Waals surface area contributed by atoms with Gasteiger partial charge in [-0.15, -0.1) is 0 Å². The van der Waals surface area contributed by atoms with Crippen molar-refractivity contribution in [2.75, 3.05) is 6.73 Å². The lowest BCUT2D eigenvalue weighted by atomic mass is 10.4. The van der Waals surface area contributed by atoms with Crippen LogP contribution in [0.25, 0.3) is 0 Å². The molecular weight excluding hydrogens is 186 g/mol. The molecule has 1 heterocycles. The summed E-state index contributed by atoms with van der Waals surface area (Å²) in [7, 11) is 0. The van der Waals surface area contributed by atoms with Gasteiger partial charge in [0.25, 0.3) is 11.8 Å². The zero-order valence-corrected chi connectivity index (χ0v) is 7.43. The molecule has 2 rings (SSSR count). The molecule has 0 radical (unpaired) electrons. The Bertz CT molecular complexity index is 312. The lowest BCUT2D eigenvalue weighted by Crippen LogP contribution is -2.33. The van der Waals surface area contributed by atoms with Crippen LogP contribution in [0.5, 0.6) is 0 Å². The molecule has 0 aromatic heterocycles. The first-order valence-electron chi connectivity index (χ1n) is 4.38. The molecule has 0 aromatic rings. The SMILES string of the molecule is O=C(OCN1C(=O)C=CC1=O)C1CC1. The fourth-order valence-corrected chi connectivity index (χ4v) is 1.12. The number of amides is 2. The van der Waals surface area contributed by atoms with E-state index < -0.39 is 11.8 Å². The molecule has 1 aliphatic carbocycles. The number of hydrogen-bond donors (Lipinski definition) is 0. The molecule has 0 atom stereocenters. The molecule has 0 N–H and O–H groups in total. The van der Waals surface area contributed by atoms with Crippen molar-refractivity contribution < 1.29 is 19.1 Å². The van der Waals surface area contributed by atoms with Gasteiger partial charge in [0.15, 0.2) is 6.73 Å². The van der Waals surface area contributed by atoms with E-state index in [4.69, 9.17) is 4.74 Å². The molecule has 0 saturated heterocycles. The van der Waals surface area contributed by atoms with Crippen LogP contribution in [0, 0.1) is 5.92 Å². The van der Waals surface area contributed by atoms with Crippen LogP contribution in [-0.2, 0) is 19.1 Å². The average Bonchev–Trinajstić information content (AvgIpc) is 2.93. The van der Waals surface area contributed by atoms with Crippen molar-refractivity contribution >= 4 is 17.8 Å². The number of ether oxygens (including phenoxy) is 1. The first kappa shape index (κ1) is 8.93. The summed E-state index contributed by atoms with van der Waals surface area (Å²) in [6, 6.07) is 0. The third-order valence-electron chi connectivity index (χ3n) is 2.15. The van der Waals surface area contributed by atoms with Crippen molar-refractivity contribution in [1.82, 2.24) is 4.90 Å². The van der Waals surface area contributed by atoms with E-state index in [1.807, 2.05) is 0 Å². The van der Waals surface area contributed by atoms with Crippen LogP contribution in [0.2, 0.25) is 0 Å². The Hall–Kier alpha value is -1.65. The average molecular weight is 195 g/mol. The van der Waals surface area contributed by atoms with Crippen LogP contribution in [0.3, 0.4) is 0 Å². The Morgan fingerprint density at radius 3 is 2.43 bits per heavy atom. The number of nitrogens with zero attached hydrogens (tertiary/aromatic N) is 1. The molecule has 1 fully saturated rings. The number of rotatable bonds is 3. The Labute approximate surface area is 80.3 Å². The molecule has 0 unspecified atom stereocenters. The molecule has 0 spiro atoms. The van der Waals surface area contributed by atoms with Crippen molar-refractivity contribution in [1.29, 1.82) is 0 Å². The van der Waals surface area contributed by atoms with E-state index in [-0.39, 0.29) is 18.6 Å². The minimum Gasteiger partial charge on any atom is -0.443 e. The van der Waals surface area contributed by atoms with Gasteiger partial charge in [-0.25, -0.2) is 4.90 Å². The quantitative estimate of drug-likeness (QED) is 0.463. The summed E-state index contributed by atoms with van der Waals surface area (Å²) in [5, 5.41) is 0. The summed E-state index contributed by atoms with van der Waals surface area (Å²) in [6.07, 6.45) is 4.01. The number of carbonyl (C=O) groups is 3. The minimum absolute atomic E-state index is 0.0178. The normalized spacial score (nSPS) is 20.4. The van der Waals surface area contributed by atoms with E-state index in [2.05, 4.69) is 0 Å². The van der Waals surface area contributed by atoms with E-state index in [9.17, 15) is 14.4 Å². The second-order valence-electron chi connectivity index (χ2n) is 3.30. The van der Waals surface area contributed by atoms with Gasteiger partial charge in [0, 0.05) is 12.2 Å². The summed E-state index contributed by atoms with van der Waals surface area (Å²) >= 11 is 0. The predicted molar refractivity (Wildman–Crippen MR) is 44.7 cm³/mol. The maximum Gasteiger partial charge on any atom is 0.310 e. The zero-order chi connectivity index (χ0) is 10.1. The van der Waals surface area contributed by atoms with Crippen LogP contribution in [0.15, 0.2) is 12.2 Å². The van der Waals surface area contributed by atoms with Crippen LogP contribution < -0.4 is 0 Å². The van der Waals surface area contributed by atoms with Gasteiger partial charge in [-0.3, -0.25) is 14.4 Å². The predicted octanol–water partition coefficient (Wildman–Crippen LogP) is -0.178. The maximum absolute atomic E-state index is 11.1. The first-order chi connectivity index (χ1) is 6.68. The number of imide groups is 1. The van der Waals surface area contributed by atoms with E-state index in [0.29, 0.717) is 0 Å². The standard InChI is InChI=1S/C9H9NO4/c11-7-3-4-8(12)10(7)5-14-9(13)6-1-2-6/h3-4,6H,1-2,5H2. The molecule has 2 aliphatic rings. The molecule has 5 heteroatoms. The van der Waals surface area contributed by atoms with E-state index in [0.717, 1.165) is 29.9 Å². The van der Waals surface area contributed by atoms with Crippen molar-refractivity contribution in [3.8, 4) is 0 Å². The second-order valence-corrected chi connectivity index (χ2v) is 3.30. The van der Waals surface area contributed by atoms with Crippen molar-refractivity contribution in [2.45, 2.75) is 12.8 Å². The summed E-state index contributed by atoms with van der Waals surface area (Å²) in [5.41, 5.74) is 0. The molecule has 0 aromatic carbocycles. The van der Waals surface area contributed by atoms with Gasteiger partial charge in [0.1, 0.15) is 0 Å². The highest BCUT2D eigenvalue weighted by Gasteiger charge is 2.32. The fourth-order valence-electron chi connectivity index (χ4n) is 1.12. The fraction of sp³-hybridized carbons (Fsp3) is 0.444. The lowest BCUT2D eigenvalue weighted by molar-refractivity contribution is -0.155. The highest BCUT2D eigenvalue weighted by molar-refractivity contribution is 6.12. The second kappa shape index (κ2) is 3.25. The molecule has 74 valence electrons. The highest BCUT2D eigenvalue weighted by Crippen LogP contribution is 2.30. The van der Waals surface area contributed by atoms with Gasteiger partial charge in [0.05, 0.1) is 5.92 Å². The Morgan fingerprint density at radius 2 is 1.93 bits per heavy atom. The molecule has 1 saturated carbocycles. The highest BCUT2D eigenvalue weighted by atomic mass is 16.5. The number of esters is 1. The Morgan fingerprint density at radius 1 is 1.36 bits per heavy atom. The maximum atomic E-state index is 11.1. The van der Waals surface area contributed by atoms with Gasteiger partial charge in [-0.1, -0.05) is 0 Å². The lowest BCUT2D eigenvalue weighted by Gasteiger charge is -2.13. The van der Waals surface area contributed by atoms with Gasteiger partial charge in [0.2, 0.25) is 0 Å². The van der Waals surface area contributed by atoms with Gasteiger partial charge in [-0.05, 0) is 12.8 Å². The van der Waals surface area contributed by atoms with E-state index in [1.165, 1.54) is 0 Å². The molecule has 2 amide bonds. The van der Waals surface area contributed by atoms with Gasteiger partial charge < -0.3 is 4.74 Å². The summed E-state index contributed by atoms with van der Waals surface area (Å²) in [5.74, 6) is -1.20. The molecule has 1 aliphatic heterocycles. The van der Waals surface area contributed by atoms with Gasteiger partial charge in [-0.2, -0.15) is 0 Å². The van der Waals surface area contributed by atoms with Crippen LogP contribution in [0.1, 0.15) is 12.8 Å². The van der Waals surface area contributed by atoms with Crippen LogP contribution in [0.4, 0.5) is 0 Å². The van der Waals surface area contributed by atoms with E-state index in [1.54, 1.807) is 0 Å². The number of hydrogen-bond acceptors (Lipinski definition) is 4. The number of carbonyl (C=O) groups excluding carboxylic acids is 3. The molecular formula is C9H9NO4. The van der Waals surface area contributed by atoms with Crippen LogP contribution >= 0.6 is 0 Å². The van der Waals surface area contributed by atoms with E-state index >= 15 is 0 Å². The third kappa shape index (κ3) is 1.66. The van der Waals surface area contributed by atoms with Crippen LogP contribution in [-0.4, -0.2) is 29.4 Å². The monoisotopic (exact) mass is 195 g/mol. The van der Waals surface area contributed by atoms with Crippen molar-refractivity contribution in [3.05, 3.63) is 12.2 Å². The van der Waals surface area contributed by atoms with Gasteiger partial charge >= 0.3 is 5.97 Å². The summed E-state index contributed by atoms with van der Waals surface area (Å²) in [6.45, 7) is -0.264. The third-order valence-corrected chi connectivity index (χ3v) is 2.15. The Balaban J connectivity index is 1.82. The minimum atomic E-state index is -0.432. The Kier molecular flexibility index (Phi) is 2.07. The molecule has 14 heavy (non-hydrogen) atoms.